The number of aryl methyl sites for hydroxylation is 2. The van der Waals surface area contributed by atoms with E-state index in [1.807, 2.05) is 38.1 Å². The van der Waals surface area contributed by atoms with Crippen molar-refractivity contribution in [1.29, 1.82) is 0 Å². The van der Waals surface area contributed by atoms with E-state index in [-0.39, 0.29) is 22.8 Å². The number of nitrogens with one attached hydrogen (secondary N) is 1. The molecule has 0 bridgehead atoms. The average Bonchev–Trinajstić information content (AvgIpc) is 2.74. The van der Waals surface area contributed by atoms with Crippen LogP contribution < -0.4 is 15.2 Å². The summed E-state index contributed by atoms with van der Waals surface area (Å²) < 4.78 is 33.4. The second-order valence-corrected chi connectivity index (χ2v) is 8.64. The van der Waals surface area contributed by atoms with Gasteiger partial charge >= 0.3 is 5.97 Å². The number of nitrogens with two attached hydrogens (primary N) is 1. The molecular weight excluding hydrogens is 434 g/mol. The first-order valence-electron chi connectivity index (χ1n) is 9.61. The lowest BCUT2D eigenvalue weighted by atomic mass is 10.00. The second kappa shape index (κ2) is 9.33. The van der Waals surface area contributed by atoms with Gasteiger partial charge in [0, 0.05) is 16.8 Å². The molecule has 0 saturated carbocycles. The summed E-state index contributed by atoms with van der Waals surface area (Å²) in [6.07, 6.45) is -0.0269. The summed E-state index contributed by atoms with van der Waals surface area (Å²) in [4.78, 5) is 28.8. The minimum Gasteiger partial charge on any atom is -0.495 e. The van der Waals surface area contributed by atoms with Crippen molar-refractivity contribution in [2.45, 2.75) is 25.2 Å². The Hall–Kier alpha value is -3.50. The number of esters is 1. The number of hydrogen-bond acceptors (Lipinski definition) is 7. The molecule has 1 amide bonds. The number of carbonyl (C=O) groups excluding carboxylic acids is 2. The van der Waals surface area contributed by atoms with Gasteiger partial charge in [-0.1, -0.05) is 18.2 Å². The van der Waals surface area contributed by atoms with E-state index < -0.39 is 28.5 Å². The number of benzene rings is 2. The van der Waals surface area contributed by atoms with E-state index in [4.69, 9.17) is 14.6 Å². The molecule has 3 aromatic rings. The lowest BCUT2D eigenvalue weighted by molar-refractivity contribution is -0.146. The number of fused-ring (bicyclic) bond motifs is 1. The van der Waals surface area contributed by atoms with Crippen LogP contribution in [0.1, 0.15) is 16.8 Å². The highest BCUT2D eigenvalue weighted by atomic mass is 32.2. The maximum atomic E-state index is 12.3. The Morgan fingerprint density at radius 1 is 1.12 bits per heavy atom. The molecule has 168 valence electrons. The maximum Gasteiger partial charge on any atom is 0.310 e. The fraction of sp³-hybridized carbons (Fsp3) is 0.227. The van der Waals surface area contributed by atoms with Gasteiger partial charge in [0.1, 0.15) is 10.6 Å². The minimum absolute atomic E-state index is 0.0269. The third kappa shape index (κ3) is 5.21. The molecule has 3 rings (SSSR count). The molecular formula is C22H23N3O6S. The predicted molar refractivity (Wildman–Crippen MR) is 119 cm³/mol. The molecule has 1 aromatic heterocycles. The summed E-state index contributed by atoms with van der Waals surface area (Å²) in [5.41, 5.74) is 3.42. The Balaban J connectivity index is 1.65. The first kappa shape index (κ1) is 23.2. The van der Waals surface area contributed by atoms with Crippen LogP contribution in [0.25, 0.3) is 10.9 Å². The highest BCUT2D eigenvalue weighted by Crippen LogP contribution is 2.26. The topological polar surface area (TPSA) is 138 Å². The SMILES string of the molecule is COc1ccc(NC(=O)COC(=O)Cc2c(C)nc3ccccc3c2C)cc1S(N)(=O)=O. The first-order valence-corrected chi connectivity index (χ1v) is 11.2. The Morgan fingerprint density at radius 3 is 2.53 bits per heavy atom. The van der Waals surface area contributed by atoms with Gasteiger partial charge in [-0.15, -0.1) is 0 Å². The number of rotatable bonds is 7. The molecule has 0 atom stereocenters. The zero-order valence-corrected chi connectivity index (χ0v) is 18.7. The Labute approximate surface area is 185 Å². The fourth-order valence-corrected chi connectivity index (χ4v) is 4.07. The summed E-state index contributed by atoms with van der Waals surface area (Å²) in [6.45, 7) is 3.20. The number of aromatic nitrogens is 1. The summed E-state index contributed by atoms with van der Waals surface area (Å²) in [7, 11) is -2.75. The van der Waals surface area contributed by atoms with Crippen molar-refractivity contribution in [2.75, 3.05) is 19.0 Å². The zero-order chi connectivity index (χ0) is 23.5. The number of sulfonamides is 1. The van der Waals surface area contributed by atoms with Crippen molar-refractivity contribution in [3.05, 3.63) is 59.3 Å². The van der Waals surface area contributed by atoms with E-state index in [0.29, 0.717) is 0 Å². The molecule has 32 heavy (non-hydrogen) atoms. The molecule has 0 unspecified atom stereocenters. The lowest BCUT2D eigenvalue weighted by Gasteiger charge is -2.13. The summed E-state index contributed by atoms with van der Waals surface area (Å²) in [5.74, 6) is -1.16. The highest BCUT2D eigenvalue weighted by molar-refractivity contribution is 7.89. The molecule has 0 fully saturated rings. The summed E-state index contributed by atoms with van der Waals surface area (Å²) in [5, 5.41) is 8.58. The van der Waals surface area contributed by atoms with Crippen LogP contribution in [0.5, 0.6) is 5.75 Å². The monoisotopic (exact) mass is 457 g/mol. The first-order chi connectivity index (χ1) is 15.1. The van der Waals surface area contributed by atoms with Crippen LogP contribution in [0, 0.1) is 13.8 Å². The maximum absolute atomic E-state index is 12.3. The van der Waals surface area contributed by atoms with Gasteiger partial charge in [0.25, 0.3) is 5.91 Å². The average molecular weight is 458 g/mol. The number of ether oxygens (including phenoxy) is 2. The highest BCUT2D eigenvalue weighted by Gasteiger charge is 2.18. The minimum atomic E-state index is -4.06. The van der Waals surface area contributed by atoms with Crippen LogP contribution in [0.2, 0.25) is 0 Å². The van der Waals surface area contributed by atoms with Crippen molar-refractivity contribution >= 4 is 38.5 Å². The van der Waals surface area contributed by atoms with Crippen molar-refractivity contribution in [1.82, 2.24) is 4.98 Å². The normalized spacial score (nSPS) is 11.2. The molecule has 0 radical (unpaired) electrons. The van der Waals surface area contributed by atoms with Crippen LogP contribution in [0.4, 0.5) is 5.69 Å². The molecule has 3 N–H and O–H groups in total. The van der Waals surface area contributed by atoms with Crippen LogP contribution in [0.3, 0.4) is 0 Å². The smallest absolute Gasteiger partial charge is 0.310 e. The largest absolute Gasteiger partial charge is 0.495 e. The number of nitrogens with zero attached hydrogens (tertiary/aromatic N) is 1. The Bertz CT molecular complexity index is 1300. The van der Waals surface area contributed by atoms with Gasteiger partial charge in [-0.05, 0) is 49.2 Å². The zero-order valence-electron chi connectivity index (χ0n) is 17.8. The van der Waals surface area contributed by atoms with Crippen molar-refractivity contribution in [3.8, 4) is 5.75 Å². The number of hydrogen-bond donors (Lipinski definition) is 2. The molecule has 0 aliphatic carbocycles. The Morgan fingerprint density at radius 2 is 1.84 bits per heavy atom. The molecule has 0 aliphatic heterocycles. The number of carbonyl (C=O) groups is 2. The number of para-hydroxylation sites is 1. The van der Waals surface area contributed by atoms with Gasteiger partial charge in [-0.25, -0.2) is 13.6 Å². The quantitative estimate of drug-likeness (QED) is 0.519. The molecule has 0 saturated heterocycles. The van der Waals surface area contributed by atoms with Crippen LogP contribution >= 0.6 is 0 Å². The van der Waals surface area contributed by atoms with E-state index in [2.05, 4.69) is 10.3 Å². The van der Waals surface area contributed by atoms with Crippen LogP contribution in [-0.4, -0.2) is 39.0 Å². The standard InChI is InChI=1S/C22H23N3O6S/c1-13-16-6-4-5-7-18(16)24-14(2)17(13)11-22(27)31-12-21(26)25-15-8-9-19(30-3)20(10-15)32(23,28)29/h4-10H,11-12H2,1-3H3,(H,25,26)(H2,23,28,29). The molecule has 10 heteroatoms. The second-order valence-electron chi connectivity index (χ2n) is 7.11. The van der Waals surface area contributed by atoms with E-state index in [9.17, 15) is 18.0 Å². The van der Waals surface area contributed by atoms with Gasteiger partial charge < -0.3 is 14.8 Å². The molecule has 9 nitrogen and oxygen atoms in total. The number of pyridine rings is 1. The van der Waals surface area contributed by atoms with Gasteiger partial charge in [-0.2, -0.15) is 0 Å². The van der Waals surface area contributed by atoms with Crippen molar-refractivity contribution in [2.24, 2.45) is 5.14 Å². The third-order valence-corrected chi connectivity index (χ3v) is 5.86. The van der Waals surface area contributed by atoms with E-state index in [0.717, 1.165) is 27.7 Å². The van der Waals surface area contributed by atoms with Crippen LogP contribution in [0.15, 0.2) is 47.4 Å². The lowest BCUT2D eigenvalue weighted by Crippen LogP contribution is -2.22. The van der Waals surface area contributed by atoms with Crippen molar-refractivity contribution < 1.29 is 27.5 Å². The predicted octanol–water partition coefficient (Wildman–Crippen LogP) is 2.23. The van der Waals surface area contributed by atoms with Gasteiger partial charge in [0.05, 0.1) is 19.0 Å². The van der Waals surface area contributed by atoms with E-state index in [1.54, 1.807) is 0 Å². The number of anilines is 1. The van der Waals surface area contributed by atoms with E-state index in [1.165, 1.54) is 25.3 Å². The van der Waals surface area contributed by atoms with Gasteiger partial charge in [0.15, 0.2) is 6.61 Å². The molecule has 2 aromatic carbocycles. The van der Waals surface area contributed by atoms with E-state index >= 15 is 0 Å². The summed E-state index contributed by atoms with van der Waals surface area (Å²) >= 11 is 0. The molecule has 0 spiro atoms. The van der Waals surface area contributed by atoms with Gasteiger partial charge in [-0.3, -0.25) is 14.6 Å². The van der Waals surface area contributed by atoms with Crippen molar-refractivity contribution in [3.63, 3.8) is 0 Å². The van der Waals surface area contributed by atoms with Crippen LogP contribution in [-0.2, 0) is 30.8 Å². The number of primary sulfonamides is 1. The number of methoxy groups -OCH3 is 1. The third-order valence-electron chi connectivity index (χ3n) is 4.92. The summed E-state index contributed by atoms with van der Waals surface area (Å²) in [6, 6.07) is 11.6. The fourth-order valence-electron chi connectivity index (χ4n) is 3.35. The Kier molecular flexibility index (Phi) is 6.75. The molecule has 0 aliphatic rings. The molecule has 1 heterocycles. The number of amides is 1. The van der Waals surface area contributed by atoms with Gasteiger partial charge in [0.2, 0.25) is 10.0 Å².